The van der Waals surface area contributed by atoms with Crippen molar-refractivity contribution >= 4 is 33.8 Å². The molecule has 1 aromatic carbocycles. The molecule has 1 unspecified atom stereocenters. The summed E-state index contributed by atoms with van der Waals surface area (Å²) in [6, 6.07) is 8.63. The maximum absolute atomic E-state index is 15.3. The van der Waals surface area contributed by atoms with Gasteiger partial charge < -0.3 is 10.3 Å². The van der Waals surface area contributed by atoms with Crippen LogP contribution >= 0.6 is 11.3 Å². The Balaban J connectivity index is 1.26. The lowest BCUT2D eigenvalue weighted by atomic mass is 9.95. The first-order valence-electron chi connectivity index (χ1n) is 11.7. The molecule has 0 radical (unpaired) electrons. The summed E-state index contributed by atoms with van der Waals surface area (Å²) in [5.74, 6) is -0.329. The molecule has 7 nitrogen and oxygen atoms in total. The molecule has 4 aromatic heterocycles. The Kier molecular flexibility index (Phi) is 5.08. The van der Waals surface area contributed by atoms with Crippen LogP contribution in [0.15, 0.2) is 49.1 Å². The standard InChI is InChI=1S/C27H25FN6OS/c1-27(2,3)22-10-21-25(36-22)24(35)20(32-21)8-14-5-6-15(7-18(14)28)23-17-9-19(16-11-31-34(4)12-16)33-26(17)30-13-29-23/h5-7,9-13,20,32H,8H2,1-4H3,(H,29,30,33). The second-order valence-corrected chi connectivity index (χ2v) is 11.3. The van der Waals surface area contributed by atoms with E-state index >= 15 is 4.39 Å². The van der Waals surface area contributed by atoms with E-state index in [0.29, 0.717) is 22.5 Å². The quantitative estimate of drug-likeness (QED) is 0.328. The monoisotopic (exact) mass is 500 g/mol. The van der Waals surface area contributed by atoms with Crippen molar-refractivity contribution < 1.29 is 9.18 Å². The van der Waals surface area contributed by atoms with Gasteiger partial charge >= 0.3 is 0 Å². The highest BCUT2D eigenvalue weighted by Gasteiger charge is 2.34. The minimum Gasteiger partial charge on any atom is -0.373 e. The Morgan fingerprint density at radius 3 is 2.67 bits per heavy atom. The van der Waals surface area contributed by atoms with Gasteiger partial charge in [0, 0.05) is 41.1 Å². The van der Waals surface area contributed by atoms with Gasteiger partial charge in [-0.2, -0.15) is 5.10 Å². The van der Waals surface area contributed by atoms with Gasteiger partial charge in [-0.1, -0.05) is 32.9 Å². The molecule has 182 valence electrons. The van der Waals surface area contributed by atoms with Crippen molar-refractivity contribution in [2.45, 2.75) is 38.6 Å². The van der Waals surface area contributed by atoms with Crippen LogP contribution < -0.4 is 5.32 Å². The fourth-order valence-electron chi connectivity index (χ4n) is 4.57. The minimum absolute atomic E-state index is 0.0149. The van der Waals surface area contributed by atoms with E-state index in [9.17, 15) is 4.79 Å². The molecule has 0 fully saturated rings. The molecule has 5 heterocycles. The Hall–Kier alpha value is -3.85. The van der Waals surface area contributed by atoms with Gasteiger partial charge in [-0.05, 0) is 29.2 Å². The highest BCUT2D eigenvalue weighted by molar-refractivity contribution is 7.15. The third-order valence-corrected chi connectivity index (χ3v) is 8.11. The zero-order valence-electron chi connectivity index (χ0n) is 20.4. The van der Waals surface area contributed by atoms with Gasteiger partial charge in [-0.25, -0.2) is 14.4 Å². The number of ketones is 1. The number of nitrogens with one attached hydrogen (secondary N) is 2. The van der Waals surface area contributed by atoms with Crippen molar-refractivity contribution in [3.05, 3.63) is 70.2 Å². The second-order valence-electron chi connectivity index (χ2n) is 10.2. The Morgan fingerprint density at radius 1 is 1.14 bits per heavy atom. The Morgan fingerprint density at radius 2 is 1.97 bits per heavy atom. The highest BCUT2D eigenvalue weighted by Crippen LogP contribution is 2.40. The van der Waals surface area contributed by atoms with E-state index in [0.717, 1.165) is 32.1 Å². The number of thiophene rings is 1. The molecule has 1 aliphatic rings. The molecule has 0 spiro atoms. The van der Waals surface area contributed by atoms with Crippen LogP contribution in [0.5, 0.6) is 0 Å². The maximum Gasteiger partial charge on any atom is 0.197 e. The van der Waals surface area contributed by atoms with E-state index in [1.165, 1.54) is 23.7 Å². The first kappa shape index (κ1) is 22.6. The highest BCUT2D eigenvalue weighted by atomic mass is 32.1. The number of fused-ring (bicyclic) bond motifs is 2. The van der Waals surface area contributed by atoms with Crippen LogP contribution in [0.25, 0.3) is 33.5 Å². The lowest BCUT2D eigenvalue weighted by molar-refractivity contribution is 0.0982. The van der Waals surface area contributed by atoms with Crippen molar-refractivity contribution in [2.75, 3.05) is 5.32 Å². The summed E-state index contributed by atoms with van der Waals surface area (Å²) in [5, 5.41) is 8.33. The number of Topliss-reactive ketones (excluding diaryl/α,β-unsaturated/α-hetero) is 1. The summed E-state index contributed by atoms with van der Waals surface area (Å²) in [5.41, 5.74) is 5.10. The van der Waals surface area contributed by atoms with Gasteiger partial charge in [0.25, 0.3) is 0 Å². The molecule has 0 saturated carbocycles. The van der Waals surface area contributed by atoms with E-state index in [1.54, 1.807) is 16.9 Å². The number of carbonyl (C=O) groups is 1. The molecule has 6 rings (SSSR count). The summed E-state index contributed by atoms with van der Waals surface area (Å²) in [6.45, 7) is 6.39. The number of anilines is 1. The third-order valence-electron chi connectivity index (χ3n) is 6.53. The van der Waals surface area contributed by atoms with E-state index in [-0.39, 0.29) is 23.4 Å². The fraction of sp³-hybridized carbons (Fsp3) is 0.259. The van der Waals surface area contributed by atoms with Crippen molar-refractivity contribution in [3.63, 3.8) is 0 Å². The number of aryl methyl sites for hydroxylation is 1. The Bertz CT molecular complexity index is 1640. The van der Waals surface area contributed by atoms with Crippen LogP contribution in [0.1, 0.15) is 40.9 Å². The summed E-state index contributed by atoms with van der Waals surface area (Å²) in [6.07, 6.45) is 5.44. The molecule has 2 N–H and O–H groups in total. The molecule has 0 bridgehead atoms. The van der Waals surface area contributed by atoms with Gasteiger partial charge in [0.1, 0.15) is 17.8 Å². The molecule has 0 saturated heterocycles. The summed E-state index contributed by atoms with van der Waals surface area (Å²) in [7, 11) is 1.86. The molecule has 0 amide bonds. The molecule has 5 aromatic rings. The zero-order valence-corrected chi connectivity index (χ0v) is 21.2. The van der Waals surface area contributed by atoms with Crippen LogP contribution in [0.4, 0.5) is 10.1 Å². The smallest absolute Gasteiger partial charge is 0.197 e. The van der Waals surface area contributed by atoms with E-state index in [2.05, 4.69) is 46.1 Å². The molecule has 9 heteroatoms. The summed E-state index contributed by atoms with van der Waals surface area (Å²) < 4.78 is 17.0. The number of aromatic amines is 1. The van der Waals surface area contributed by atoms with Gasteiger partial charge in [-0.15, -0.1) is 11.3 Å². The SMILES string of the molecule is Cn1cc(-c2cc3c(-c4ccc(CC5Nc6cc(C(C)(C)C)sc6C5=O)c(F)c4)ncnc3[nH]2)cn1. The lowest BCUT2D eigenvalue weighted by Gasteiger charge is -2.17. The lowest BCUT2D eigenvalue weighted by Crippen LogP contribution is -2.25. The summed E-state index contributed by atoms with van der Waals surface area (Å²) >= 11 is 1.53. The van der Waals surface area contributed by atoms with Crippen molar-refractivity contribution in [2.24, 2.45) is 7.05 Å². The molecule has 1 atom stereocenters. The van der Waals surface area contributed by atoms with Gasteiger partial charge in [-0.3, -0.25) is 9.48 Å². The van der Waals surface area contributed by atoms with E-state index in [1.807, 2.05) is 31.4 Å². The topological polar surface area (TPSA) is 88.5 Å². The zero-order chi connectivity index (χ0) is 25.2. The van der Waals surface area contributed by atoms with Crippen LogP contribution in [0.2, 0.25) is 0 Å². The average Bonchev–Trinajstić information content (AvgIpc) is 3.59. The minimum atomic E-state index is -0.460. The van der Waals surface area contributed by atoms with E-state index < -0.39 is 6.04 Å². The molecule has 0 aliphatic carbocycles. The molecular formula is C27H25FN6OS. The fourth-order valence-corrected chi connectivity index (χ4v) is 5.75. The third kappa shape index (κ3) is 3.80. The number of benzene rings is 1. The summed E-state index contributed by atoms with van der Waals surface area (Å²) in [4.78, 5) is 27.0. The largest absolute Gasteiger partial charge is 0.373 e. The van der Waals surface area contributed by atoms with E-state index in [4.69, 9.17) is 0 Å². The van der Waals surface area contributed by atoms with Gasteiger partial charge in [0.05, 0.1) is 34.2 Å². The maximum atomic E-state index is 15.3. The second kappa shape index (κ2) is 8.09. The van der Waals surface area contributed by atoms with Crippen LogP contribution in [-0.2, 0) is 18.9 Å². The van der Waals surface area contributed by atoms with Crippen molar-refractivity contribution in [3.8, 4) is 22.5 Å². The number of aromatic nitrogens is 5. The van der Waals surface area contributed by atoms with Crippen LogP contribution in [0, 0.1) is 5.82 Å². The normalized spacial score (nSPS) is 15.5. The number of nitrogens with zero attached hydrogens (tertiary/aromatic N) is 4. The number of halogens is 1. The van der Waals surface area contributed by atoms with Crippen molar-refractivity contribution in [1.82, 2.24) is 24.7 Å². The first-order chi connectivity index (χ1) is 17.2. The van der Waals surface area contributed by atoms with Gasteiger partial charge in [0.2, 0.25) is 0 Å². The molecule has 36 heavy (non-hydrogen) atoms. The van der Waals surface area contributed by atoms with Crippen LogP contribution in [-0.4, -0.2) is 36.6 Å². The number of rotatable bonds is 4. The first-order valence-corrected chi connectivity index (χ1v) is 12.6. The average molecular weight is 501 g/mol. The van der Waals surface area contributed by atoms with Crippen LogP contribution in [0.3, 0.4) is 0 Å². The number of carbonyl (C=O) groups excluding carboxylic acids is 1. The Labute approximate surface area is 211 Å². The predicted molar refractivity (Wildman–Crippen MR) is 140 cm³/mol. The molecular weight excluding hydrogens is 475 g/mol. The number of hydrogen-bond donors (Lipinski definition) is 2. The number of H-pyrrole nitrogens is 1. The molecule has 1 aliphatic heterocycles. The van der Waals surface area contributed by atoms with Gasteiger partial charge in [0.15, 0.2) is 5.78 Å². The van der Waals surface area contributed by atoms with Crippen molar-refractivity contribution in [1.29, 1.82) is 0 Å². The predicted octanol–water partition coefficient (Wildman–Crippen LogP) is 5.74. The number of hydrogen-bond acceptors (Lipinski definition) is 6.